The minimum absolute atomic E-state index is 0.145. The predicted octanol–water partition coefficient (Wildman–Crippen LogP) is 5.02. The Morgan fingerprint density at radius 1 is 1.30 bits per heavy atom. The van der Waals surface area contributed by atoms with Crippen LogP contribution in [-0.2, 0) is 11.4 Å². The number of nitrogens with zero attached hydrogens (tertiary/aromatic N) is 1. The van der Waals surface area contributed by atoms with E-state index < -0.39 is 0 Å². The lowest BCUT2D eigenvalue weighted by Crippen LogP contribution is -2.31. The van der Waals surface area contributed by atoms with Crippen molar-refractivity contribution in [1.82, 2.24) is 10.2 Å². The van der Waals surface area contributed by atoms with Crippen molar-refractivity contribution in [3.8, 4) is 5.75 Å². The van der Waals surface area contributed by atoms with Gasteiger partial charge in [0, 0.05) is 23.7 Å². The van der Waals surface area contributed by atoms with Gasteiger partial charge in [0.2, 0.25) is 0 Å². The lowest BCUT2D eigenvalue weighted by molar-refractivity contribution is -0.122. The second kappa shape index (κ2) is 8.78. The van der Waals surface area contributed by atoms with Crippen molar-refractivity contribution in [3.63, 3.8) is 0 Å². The summed E-state index contributed by atoms with van der Waals surface area (Å²) in [5.41, 5.74) is 0.399. The maximum absolute atomic E-state index is 12.4. The van der Waals surface area contributed by atoms with Gasteiger partial charge in [-0.25, -0.2) is 0 Å². The third-order valence-electron chi connectivity index (χ3n) is 3.93. The van der Waals surface area contributed by atoms with E-state index in [-0.39, 0.29) is 12.5 Å². The number of unbranched alkanes of at least 4 members (excludes halogenated alkanes) is 1. The van der Waals surface area contributed by atoms with Gasteiger partial charge in [-0.3, -0.25) is 9.69 Å². The van der Waals surface area contributed by atoms with E-state index in [0.717, 1.165) is 12.8 Å². The van der Waals surface area contributed by atoms with Gasteiger partial charge in [0.15, 0.2) is 5.11 Å². The van der Waals surface area contributed by atoms with Crippen LogP contribution in [0.15, 0.2) is 40.4 Å². The molecule has 1 fully saturated rings. The molecule has 0 radical (unpaired) electrons. The summed E-state index contributed by atoms with van der Waals surface area (Å²) < 4.78 is 11.4. The summed E-state index contributed by atoms with van der Waals surface area (Å²) in [6.07, 6.45) is 3.52. The van der Waals surface area contributed by atoms with Crippen LogP contribution in [0, 0.1) is 0 Å². The molecule has 5 nitrogen and oxygen atoms in total. The Morgan fingerprint density at radius 2 is 2.11 bits per heavy atom. The van der Waals surface area contributed by atoms with Gasteiger partial charge < -0.3 is 14.5 Å². The monoisotopic (exact) mass is 424 g/mol. The van der Waals surface area contributed by atoms with E-state index >= 15 is 0 Å². The van der Waals surface area contributed by atoms with Crippen molar-refractivity contribution in [3.05, 3.63) is 57.6 Å². The minimum atomic E-state index is -0.145. The summed E-state index contributed by atoms with van der Waals surface area (Å²) in [4.78, 5) is 14.0. The fraction of sp³-hybridized carbons (Fsp3) is 0.263. The van der Waals surface area contributed by atoms with Gasteiger partial charge in [0.25, 0.3) is 5.91 Å². The SMILES string of the molecule is CCCCN1C(=O)/C(=C\c2ccc(COc3cc(Cl)ccc3Cl)o2)NC1=S. The lowest BCUT2D eigenvalue weighted by Gasteiger charge is -2.12. The fourth-order valence-electron chi connectivity index (χ4n) is 2.52. The molecule has 8 heteroatoms. The first kappa shape index (κ1) is 19.7. The second-order valence-electron chi connectivity index (χ2n) is 5.97. The molecule has 0 bridgehead atoms. The van der Waals surface area contributed by atoms with Crippen LogP contribution in [0.3, 0.4) is 0 Å². The molecular weight excluding hydrogens is 407 g/mol. The smallest absolute Gasteiger partial charge is 0.276 e. The zero-order chi connectivity index (χ0) is 19.4. The maximum atomic E-state index is 12.4. The average molecular weight is 425 g/mol. The molecule has 0 atom stereocenters. The highest BCUT2D eigenvalue weighted by Crippen LogP contribution is 2.28. The summed E-state index contributed by atoms with van der Waals surface area (Å²) in [5.74, 6) is 1.45. The van der Waals surface area contributed by atoms with Gasteiger partial charge in [0.05, 0.1) is 5.02 Å². The van der Waals surface area contributed by atoms with Crippen LogP contribution in [0.1, 0.15) is 31.3 Å². The number of carbonyl (C=O) groups excluding carboxylic acids is 1. The number of benzene rings is 1. The Labute approximate surface area is 172 Å². The fourth-order valence-corrected chi connectivity index (χ4v) is 3.14. The van der Waals surface area contributed by atoms with E-state index in [1.807, 2.05) is 0 Å². The van der Waals surface area contributed by atoms with Gasteiger partial charge in [-0.15, -0.1) is 0 Å². The second-order valence-corrected chi connectivity index (χ2v) is 7.20. The van der Waals surface area contributed by atoms with E-state index in [0.29, 0.717) is 44.7 Å². The van der Waals surface area contributed by atoms with Crippen LogP contribution in [0.25, 0.3) is 6.08 Å². The van der Waals surface area contributed by atoms with Crippen molar-refractivity contribution in [2.24, 2.45) is 0 Å². The molecule has 2 aromatic rings. The molecule has 3 rings (SSSR count). The third kappa shape index (κ3) is 4.83. The highest BCUT2D eigenvalue weighted by molar-refractivity contribution is 7.80. The molecule has 1 N–H and O–H groups in total. The van der Waals surface area contributed by atoms with Crippen molar-refractivity contribution < 1.29 is 13.9 Å². The first-order chi connectivity index (χ1) is 13.0. The largest absolute Gasteiger partial charge is 0.484 e. The summed E-state index contributed by atoms with van der Waals surface area (Å²) in [6.45, 7) is 2.86. The molecule has 1 aromatic carbocycles. The van der Waals surface area contributed by atoms with Crippen molar-refractivity contribution in [2.75, 3.05) is 6.54 Å². The zero-order valence-corrected chi connectivity index (χ0v) is 17.0. The van der Waals surface area contributed by atoms with Crippen LogP contribution in [0.5, 0.6) is 5.75 Å². The van der Waals surface area contributed by atoms with E-state index in [4.69, 9.17) is 44.6 Å². The normalized spacial score (nSPS) is 15.5. The van der Waals surface area contributed by atoms with Gasteiger partial charge in [-0.1, -0.05) is 36.5 Å². The molecular formula is C19H18Cl2N2O3S. The quantitative estimate of drug-likeness (QED) is 0.499. The molecule has 1 aliphatic heterocycles. The van der Waals surface area contributed by atoms with E-state index in [2.05, 4.69) is 12.2 Å². The average Bonchev–Trinajstić information content (AvgIpc) is 3.19. The van der Waals surface area contributed by atoms with Gasteiger partial charge in [0.1, 0.15) is 29.6 Å². The number of hydrogen-bond acceptors (Lipinski definition) is 4. The number of rotatable bonds is 7. The highest BCUT2D eigenvalue weighted by atomic mass is 35.5. The summed E-state index contributed by atoms with van der Waals surface area (Å²) >= 11 is 17.2. The summed E-state index contributed by atoms with van der Waals surface area (Å²) in [7, 11) is 0. The molecule has 0 spiro atoms. The topological polar surface area (TPSA) is 54.7 Å². The Bertz CT molecular complexity index is 895. The predicted molar refractivity (Wildman–Crippen MR) is 110 cm³/mol. The Balaban J connectivity index is 1.65. The Hall–Kier alpha value is -2.02. The van der Waals surface area contributed by atoms with Crippen LogP contribution < -0.4 is 10.1 Å². The molecule has 1 aliphatic rings. The molecule has 1 amide bonds. The lowest BCUT2D eigenvalue weighted by atomic mass is 10.3. The van der Waals surface area contributed by atoms with Crippen molar-refractivity contribution in [1.29, 1.82) is 0 Å². The molecule has 142 valence electrons. The van der Waals surface area contributed by atoms with Crippen molar-refractivity contribution in [2.45, 2.75) is 26.4 Å². The summed E-state index contributed by atoms with van der Waals surface area (Å²) in [5, 5.41) is 4.36. The molecule has 27 heavy (non-hydrogen) atoms. The molecule has 0 saturated carbocycles. The van der Waals surface area contributed by atoms with Crippen LogP contribution in [-0.4, -0.2) is 22.5 Å². The Kier molecular flexibility index (Phi) is 6.42. The van der Waals surface area contributed by atoms with E-state index in [1.165, 1.54) is 0 Å². The number of hydrogen-bond donors (Lipinski definition) is 1. The van der Waals surface area contributed by atoms with Gasteiger partial charge >= 0.3 is 0 Å². The third-order valence-corrected chi connectivity index (χ3v) is 4.80. The number of ether oxygens (including phenoxy) is 1. The molecule has 0 aliphatic carbocycles. The number of halogens is 2. The Morgan fingerprint density at radius 3 is 2.89 bits per heavy atom. The standard InChI is InChI=1S/C19H18Cl2N2O3S/c1-2-3-8-23-18(24)16(22-19(23)27)10-13-5-6-14(26-13)11-25-17-9-12(20)4-7-15(17)21/h4-7,9-10H,2-3,8,11H2,1H3,(H,22,27)/b16-10+. The molecule has 2 heterocycles. The van der Waals surface area contributed by atoms with Crippen molar-refractivity contribution >= 4 is 52.5 Å². The molecule has 1 saturated heterocycles. The number of thiocarbonyl (C=S) groups is 1. The van der Waals surface area contributed by atoms with Gasteiger partial charge in [-0.05, 0) is 42.9 Å². The number of amides is 1. The maximum Gasteiger partial charge on any atom is 0.276 e. The van der Waals surface area contributed by atoms with Gasteiger partial charge in [-0.2, -0.15) is 0 Å². The highest BCUT2D eigenvalue weighted by Gasteiger charge is 2.30. The minimum Gasteiger partial charge on any atom is -0.484 e. The van der Waals surface area contributed by atoms with Crippen LogP contribution in [0.4, 0.5) is 0 Å². The zero-order valence-electron chi connectivity index (χ0n) is 14.6. The molecule has 0 unspecified atom stereocenters. The number of nitrogens with one attached hydrogen (secondary N) is 1. The van der Waals surface area contributed by atoms with Crippen LogP contribution in [0.2, 0.25) is 10.0 Å². The first-order valence-corrected chi connectivity index (χ1v) is 9.65. The van der Waals surface area contributed by atoms with E-state index in [9.17, 15) is 4.79 Å². The summed E-state index contributed by atoms with van der Waals surface area (Å²) in [6, 6.07) is 8.54. The number of furan rings is 1. The molecule has 1 aromatic heterocycles. The van der Waals surface area contributed by atoms with E-state index in [1.54, 1.807) is 41.3 Å². The first-order valence-electron chi connectivity index (χ1n) is 8.49. The van der Waals surface area contributed by atoms with Crippen LogP contribution >= 0.6 is 35.4 Å². The number of carbonyl (C=O) groups is 1.